The molecule has 0 radical (unpaired) electrons. The van der Waals surface area contributed by atoms with Crippen LogP contribution in [0.3, 0.4) is 0 Å². The van der Waals surface area contributed by atoms with Gasteiger partial charge in [0, 0.05) is 5.54 Å². The first kappa shape index (κ1) is 12.3. The van der Waals surface area contributed by atoms with Crippen LogP contribution in [0.5, 0.6) is 5.75 Å². The minimum Gasteiger partial charge on any atom is -0.435 e. The summed E-state index contributed by atoms with van der Waals surface area (Å²) in [6.07, 6.45) is 3.09. The highest BCUT2D eigenvalue weighted by atomic mass is 19.3. The molecule has 0 saturated heterocycles. The molecule has 1 fully saturated rings. The van der Waals surface area contributed by atoms with E-state index in [1.54, 1.807) is 24.3 Å². The van der Waals surface area contributed by atoms with Gasteiger partial charge in [-0.3, -0.25) is 0 Å². The van der Waals surface area contributed by atoms with E-state index in [2.05, 4.69) is 11.7 Å². The summed E-state index contributed by atoms with van der Waals surface area (Å²) in [5.74, 6) is 0.871. The first-order chi connectivity index (χ1) is 8.03. The van der Waals surface area contributed by atoms with Crippen molar-refractivity contribution in [1.82, 2.24) is 0 Å². The van der Waals surface area contributed by atoms with Crippen molar-refractivity contribution in [2.75, 3.05) is 0 Å². The third kappa shape index (κ3) is 2.57. The van der Waals surface area contributed by atoms with Crippen molar-refractivity contribution in [2.24, 2.45) is 11.7 Å². The predicted molar refractivity (Wildman–Crippen MR) is 62.0 cm³/mol. The Kier molecular flexibility index (Phi) is 3.33. The summed E-state index contributed by atoms with van der Waals surface area (Å²) >= 11 is 0. The van der Waals surface area contributed by atoms with Gasteiger partial charge in [0.05, 0.1) is 0 Å². The van der Waals surface area contributed by atoms with Crippen LogP contribution in [-0.2, 0) is 5.54 Å². The first-order valence-electron chi connectivity index (χ1n) is 5.88. The predicted octanol–water partition coefficient (Wildman–Crippen LogP) is 3.26. The summed E-state index contributed by atoms with van der Waals surface area (Å²) in [5, 5.41) is 0. The number of hydrogen-bond acceptors (Lipinski definition) is 2. The van der Waals surface area contributed by atoms with Gasteiger partial charge >= 0.3 is 6.61 Å². The molecular weight excluding hydrogens is 224 g/mol. The molecule has 2 N–H and O–H groups in total. The Hall–Kier alpha value is -1.16. The lowest BCUT2D eigenvalue weighted by Crippen LogP contribution is -2.48. The lowest BCUT2D eigenvalue weighted by molar-refractivity contribution is -0.0498. The fraction of sp³-hybridized carbons (Fsp3) is 0.538. The molecule has 0 amide bonds. The number of alkyl halides is 2. The SMILES string of the molecule is CCC1CC(N)(c2ccc(OC(F)F)cc2)C1. The molecule has 17 heavy (non-hydrogen) atoms. The van der Waals surface area contributed by atoms with Crippen LogP contribution in [-0.4, -0.2) is 6.61 Å². The largest absolute Gasteiger partial charge is 0.435 e. The standard InChI is InChI=1S/C13H17F2NO/c1-2-9-7-13(16,8-9)10-3-5-11(6-4-10)17-12(14)15/h3-6,9,12H,2,7-8,16H2,1H3. The Bertz CT molecular complexity index is 372. The number of benzene rings is 1. The van der Waals surface area contributed by atoms with E-state index in [9.17, 15) is 8.78 Å². The smallest absolute Gasteiger partial charge is 0.387 e. The minimum absolute atomic E-state index is 0.179. The fourth-order valence-electron chi connectivity index (χ4n) is 2.46. The highest BCUT2D eigenvalue weighted by molar-refractivity contribution is 5.33. The molecule has 0 unspecified atom stereocenters. The number of ether oxygens (including phenoxy) is 1. The molecule has 0 spiro atoms. The average molecular weight is 241 g/mol. The third-order valence-electron chi connectivity index (χ3n) is 3.54. The zero-order valence-electron chi connectivity index (χ0n) is 9.83. The van der Waals surface area contributed by atoms with E-state index in [4.69, 9.17) is 5.73 Å². The van der Waals surface area contributed by atoms with E-state index in [0.29, 0.717) is 5.92 Å². The molecule has 4 heteroatoms. The Labute approximate surface area is 99.8 Å². The monoisotopic (exact) mass is 241 g/mol. The topological polar surface area (TPSA) is 35.2 Å². The zero-order chi connectivity index (χ0) is 12.5. The molecule has 94 valence electrons. The van der Waals surface area contributed by atoms with Crippen molar-refractivity contribution in [3.8, 4) is 5.75 Å². The van der Waals surface area contributed by atoms with Crippen LogP contribution < -0.4 is 10.5 Å². The van der Waals surface area contributed by atoms with Gasteiger partial charge in [0.15, 0.2) is 0 Å². The van der Waals surface area contributed by atoms with Crippen LogP contribution in [0.1, 0.15) is 31.7 Å². The number of hydrogen-bond donors (Lipinski definition) is 1. The maximum Gasteiger partial charge on any atom is 0.387 e. The normalized spacial score (nSPS) is 27.9. The van der Waals surface area contributed by atoms with Crippen molar-refractivity contribution in [3.05, 3.63) is 29.8 Å². The molecule has 0 heterocycles. The summed E-state index contributed by atoms with van der Waals surface area (Å²) in [5.41, 5.74) is 6.98. The number of halogens is 2. The highest BCUT2D eigenvalue weighted by Crippen LogP contribution is 2.45. The second-order valence-electron chi connectivity index (χ2n) is 4.74. The summed E-state index contributed by atoms with van der Waals surface area (Å²) in [4.78, 5) is 0. The van der Waals surface area contributed by atoms with Gasteiger partial charge in [-0.15, -0.1) is 0 Å². The maximum absolute atomic E-state index is 12.0. The second-order valence-corrected chi connectivity index (χ2v) is 4.74. The molecule has 2 rings (SSSR count). The van der Waals surface area contributed by atoms with Crippen molar-refractivity contribution < 1.29 is 13.5 Å². The third-order valence-corrected chi connectivity index (χ3v) is 3.54. The van der Waals surface area contributed by atoms with Gasteiger partial charge in [0.25, 0.3) is 0 Å². The van der Waals surface area contributed by atoms with E-state index < -0.39 is 6.61 Å². The van der Waals surface area contributed by atoms with Crippen molar-refractivity contribution in [1.29, 1.82) is 0 Å². The van der Waals surface area contributed by atoms with E-state index in [1.165, 1.54) is 0 Å². The van der Waals surface area contributed by atoms with Crippen molar-refractivity contribution in [2.45, 2.75) is 38.3 Å². The lowest BCUT2D eigenvalue weighted by Gasteiger charge is -2.45. The summed E-state index contributed by atoms with van der Waals surface area (Å²) < 4.78 is 28.3. The van der Waals surface area contributed by atoms with E-state index in [1.807, 2.05) is 0 Å². The first-order valence-corrected chi connectivity index (χ1v) is 5.88. The molecule has 1 aliphatic rings. The Balaban J connectivity index is 2.03. The minimum atomic E-state index is -2.78. The fourth-order valence-corrected chi connectivity index (χ4v) is 2.46. The Morgan fingerprint density at radius 2 is 1.94 bits per heavy atom. The number of rotatable bonds is 4. The van der Waals surface area contributed by atoms with Gasteiger partial charge in [-0.05, 0) is 36.5 Å². The molecule has 1 aliphatic carbocycles. The summed E-state index contributed by atoms with van der Waals surface area (Å²) in [7, 11) is 0. The van der Waals surface area contributed by atoms with E-state index >= 15 is 0 Å². The van der Waals surface area contributed by atoms with Gasteiger partial charge < -0.3 is 10.5 Å². The van der Waals surface area contributed by atoms with Gasteiger partial charge in [-0.25, -0.2) is 0 Å². The van der Waals surface area contributed by atoms with E-state index in [-0.39, 0.29) is 11.3 Å². The molecule has 0 bridgehead atoms. The Morgan fingerprint density at radius 1 is 1.35 bits per heavy atom. The van der Waals surface area contributed by atoms with Crippen LogP contribution in [0.25, 0.3) is 0 Å². The van der Waals surface area contributed by atoms with Crippen molar-refractivity contribution in [3.63, 3.8) is 0 Å². The molecule has 2 nitrogen and oxygen atoms in total. The molecule has 0 atom stereocenters. The van der Waals surface area contributed by atoms with Crippen LogP contribution in [0.2, 0.25) is 0 Å². The average Bonchev–Trinajstić information content (AvgIpc) is 2.25. The maximum atomic E-state index is 12.0. The molecule has 0 aromatic heterocycles. The molecule has 1 saturated carbocycles. The highest BCUT2D eigenvalue weighted by Gasteiger charge is 2.41. The Morgan fingerprint density at radius 3 is 2.41 bits per heavy atom. The molecule has 1 aromatic rings. The molecular formula is C13H17F2NO. The van der Waals surface area contributed by atoms with Gasteiger partial charge in [-0.2, -0.15) is 8.78 Å². The zero-order valence-corrected chi connectivity index (χ0v) is 9.83. The summed E-state index contributed by atoms with van der Waals surface area (Å²) in [6.45, 7) is -0.620. The van der Waals surface area contributed by atoms with Gasteiger partial charge in [0.1, 0.15) is 5.75 Å². The van der Waals surface area contributed by atoms with Crippen molar-refractivity contribution >= 4 is 0 Å². The molecule has 1 aromatic carbocycles. The van der Waals surface area contributed by atoms with E-state index in [0.717, 1.165) is 24.8 Å². The van der Waals surface area contributed by atoms with Gasteiger partial charge in [0.2, 0.25) is 0 Å². The van der Waals surface area contributed by atoms with Crippen LogP contribution in [0, 0.1) is 5.92 Å². The molecule has 0 aliphatic heterocycles. The van der Waals surface area contributed by atoms with Crippen LogP contribution in [0.4, 0.5) is 8.78 Å². The second kappa shape index (κ2) is 4.61. The van der Waals surface area contributed by atoms with Crippen LogP contribution >= 0.6 is 0 Å². The van der Waals surface area contributed by atoms with Gasteiger partial charge in [-0.1, -0.05) is 25.5 Å². The quantitative estimate of drug-likeness (QED) is 0.878. The lowest BCUT2D eigenvalue weighted by atomic mass is 9.64. The van der Waals surface area contributed by atoms with Crippen LogP contribution in [0.15, 0.2) is 24.3 Å². The number of nitrogens with two attached hydrogens (primary N) is 1. The summed E-state index contributed by atoms with van der Waals surface area (Å²) in [6, 6.07) is 6.66.